The maximum absolute atomic E-state index is 13.6. The van der Waals surface area contributed by atoms with Crippen LogP contribution in [0, 0.1) is 24.1 Å². The minimum Gasteiger partial charge on any atom is -0.291 e. The van der Waals surface area contributed by atoms with Gasteiger partial charge in [-0.15, -0.1) is 0 Å². The Morgan fingerprint density at radius 2 is 1.86 bits per heavy atom. The zero-order valence-electron chi connectivity index (χ0n) is 18.6. The number of pyridine rings is 2. The van der Waals surface area contributed by atoms with Crippen LogP contribution in [-0.2, 0) is 10.0 Å². The molecule has 186 valence electrons. The Kier molecular flexibility index (Phi) is 6.51. The second-order valence-electron chi connectivity index (χ2n) is 7.89. The minimum atomic E-state index is -4.77. The number of nitrogens with zero attached hydrogens (tertiary/aromatic N) is 4. The zero-order chi connectivity index (χ0) is 26.4. The van der Waals surface area contributed by atoms with Crippen molar-refractivity contribution in [3.05, 3.63) is 70.8 Å². The summed E-state index contributed by atoms with van der Waals surface area (Å²) >= 11 is 6.28. The van der Waals surface area contributed by atoms with Crippen LogP contribution >= 0.6 is 11.6 Å². The molecule has 0 aliphatic rings. The first-order valence-electron chi connectivity index (χ1n) is 10.3. The predicted octanol–water partition coefficient (Wildman–Crippen LogP) is 5.29. The second-order valence-corrected chi connectivity index (χ2v) is 10.0. The van der Waals surface area contributed by atoms with Crippen molar-refractivity contribution in [3.63, 3.8) is 0 Å². The van der Waals surface area contributed by atoms with E-state index in [1.807, 2.05) is 0 Å². The van der Waals surface area contributed by atoms with Crippen LogP contribution in [0.4, 0.5) is 17.6 Å². The molecule has 0 radical (unpaired) electrons. The van der Waals surface area contributed by atoms with E-state index in [0.29, 0.717) is 28.4 Å². The van der Waals surface area contributed by atoms with E-state index in [0.717, 1.165) is 18.5 Å². The topological polar surface area (TPSA) is 101 Å². The highest BCUT2D eigenvalue weighted by Gasteiger charge is 2.39. The van der Waals surface area contributed by atoms with Gasteiger partial charge in [-0.25, -0.2) is 17.8 Å². The number of sulfonamides is 1. The Labute approximate surface area is 208 Å². The molecule has 0 aliphatic carbocycles. The van der Waals surface area contributed by atoms with Gasteiger partial charge in [0.1, 0.15) is 28.6 Å². The number of nitriles is 1. The SMILES string of the molecule is Cc1cc2c(cc1Cl)c(C#N)c(-c1ccc(S(=O)(=O)NC(C)C(F)(F)F)cn1)n2-c1ccc(F)cn1. The van der Waals surface area contributed by atoms with Crippen LogP contribution in [0.2, 0.25) is 5.02 Å². The smallest absolute Gasteiger partial charge is 0.291 e. The largest absolute Gasteiger partial charge is 0.404 e. The van der Waals surface area contributed by atoms with Gasteiger partial charge in [-0.3, -0.25) is 9.55 Å². The van der Waals surface area contributed by atoms with Crippen LogP contribution in [0.15, 0.2) is 53.7 Å². The Hall–Kier alpha value is -3.53. The monoisotopic (exact) mass is 537 g/mol. The van der Waals surface area contributed by atoms with Crippen molar-refractivity contribution in [2.75, 3.05) is 0 Å². The Morgan fingerprint density at radius 3 is 2.42 bits per heavy atom. The van der Waals surface area contributed by atoms with Gasteiger partial charge in [0.25, 0.3) is 0 Å². The van der Waals surface area contributed by atoms with Crippen molar-refractivity contribution in [1.29, 1.82) is 5.26 Å². The maximum Gasteiger partial charge on any atom is 0.404 e. The average Bonchev–Trinajstić information content (AvgIpc) is 3.12. The molecule has 1 N–H and O–H groups in total. The summed E-state index contributed by atoms with van der Waals surface area (Å²) in [5, 5.41) is 10.8. The first-order chi connectivity index (χ1) is 16.8. The maximum atomic E-state index is 13.6. The molecule has 0 saturated carbocycles. The molecule has 4 aromatic rings. The first-order valence-corrected chi connectivity index (χ1v) is 12.1. The highest BCUT2D eigenvalue weighted by Crippen LogP contribution is 2.37. The number of benzene rings is 1. The number of rotatable bonds is 5. The molecule has 0 saturated heterocycles. The molecule has 0 spiro atoms. The standard InChI is InChI=1S/C23H16ClF4N5O2S/c1-12-7-20-16(8-18(12)24)17(9-29)22(33(20)21-6-3-14(25)10-31-21)19-5-4-15(11-30-19)36(34,35)32-13(2)23(26,27)28/h3-8,10-11,13,32H,1-2H3. The van der Waals surface area contributed by atoms with E-state index in [2.05, 4.69) is 16.0 Å². The van der Waals surface area contributed by atoms with Gasteiger partial charge in [0.05, 0.1) is 28.7 Å². The first kappa shape index (κ1) is 25.6. The van der Waals surface area contributed by atoms with Crippen LogP contribution in [0.3, 0.4) is 0 Å². The summed E-state index contributed by atoms with van der Waals surface area (Å²) in [6.07, 6.45) is -2.89. The summed E-state index contributed by atoms with van der Waals surface area (Å²) in [5.74, 6) is -0.330. The lowest BCUT2D eigenvalue weighted by atomic mass is 10.1. The van der Waals surface area contributed by atoms with Crippen LogP contribution in [0.1, 0.15) is 18.1 Å². The molecule has 36 heavy (non-hydrogen) atoms. The molecule has 0 aliphatic heterocycles. The molecule has 0 fully saturated rings. The fourth-order valence-electron chi connectivity index (χ4n) is 3.55. The molecule has 0 amide bonds. The molecule has 1 aromatic carbocycles. The van der Waals surface area contributed by atoms with Crippen LogP contribution < -0.4 is 4.72 Å². The van der Waals surface area contributed by atoms with E-state index < -0.39 is 33.0 Å². The van der Waals surface area contributed by atoms with Gasteiger partial charge >= 0.3 is 6.18 Å². The Morgan fingerprint density at radius 1 is 1.14 bits per heavy atom. The third kappa shape index (κ3) is 4.65. The van der Waals surface area contributed by atoms with Crippen molar-refractivity contribution < 1.29 is 26.0 Å². The normalized spacial score (nSPS) is 13.1. The van der Waals surface area contributed by atoms with E-state index >= 15 is 0 Å². The Bertz CT molecular complexity index is 1610. The summed E-state index contributed by atoms with van der Waals surface area (Å²) in [4.78, 5) is 7.73. The van der Waals surface area contributed by atoms with E-state index in [1.165, 1.54) is 18.2 Å². The van der Waals surface area contributed by atoms with Crippen molar-refractivity contribution in [1.82, 2.24) is 19.3 Å². The van der Waals surface area contributed by atoms with E-state index in [-0.39, 0.29) is 22.8 Å². The number of halogens is 5. The Balaban J connectivity index is 1.91. The molecule has 7 nitrogen and oxygen atoms in total. The lowest BCUT2D eigenvalue weighted by Gasteiger charge is -2.17. The highest BCUT2D eigenvalue weighted by molar-refractivity contribution is 7.89. The number of hydrogen-bond donors (Lipinski definition) is 1. The second kappa shape index (κ2) is 9.16. The quantitative estimate of drug-likeness (QED) is 0.349. The lowest BCUT2D eigenvalue weighted by Crippen LogP contribution is -2.42. The molecule has 3 heterocycles. The number of nitrogens with one attached hydrogen (secondary N) is 1. The fraction of sp³-hybridized carbons (Fsp3) is 0.174. The van der Waals surface area contributed by atoms with Gasteiger partial charge in [-0.2, -0.15) is 23.2 Å². The third-order valence-electron chi connectivity index (χ3n) is 5.41. The van der Waals surface area contributed by atoms with Gasteiger partial charge in [0, 0.05) is 16.6 Å². The van der Waals surface area contributed by atoms with Gasteiger partial charge in [-0.05, 0) is 55.8 Å². The van der Waals surface area contributed by atoms with E-state index in [9.17, 15) is 31.2 Å². The minimum absolute atomic E-state index is 0.130. The fourth-order valence-corrected chi connectivity index (χ4v) is 4.89. The van der Waals surface area contributed by atoms with Crippen molar-refractivity contribution >= 4 is 32.5 Å². The van der Waals surface area contributed by atoms with Gasteiger partial charge in [0.2, 0.25) is 10.0 Å². The number of aromatic nitrogens is 3. The molecule has 3 aromatic heterocycles. The van der Waals surface area contributed by atoms with E-state index in [1.54, 1.807) is 28.3 Å². The zero-order valence-corrected chi connectivity index (χ0v) is 20.2. The molecule has 1 atom stereocenters. The van der Waals surface area contributed by atoms with Crippen molar-refractivity contribution in [2.45, 2.75) is 31.0 Å². The van der Waals surface area contributed by atoms with Crippen LogP contribution in [0.25, 0.3) is 28.1 Å². The predicted molar refractivity (Wildman–Crippen MR) is 125 cm³/mol. The lowest BCUT2D eigenvalue weighted by molar-refractivity contribution is -0.147. The van der Waals surface area contributed by atoms with Crippen molar-refractivity contribution in [2.24, 2.45) is 0 Å². The summed E-state index contributed by atoms with van der Waals surface area (Å²) in [6, 6.07) is 8.01. The molecule has 4 rings (SSSR count). The molecular weight excluding hydrogens is 522 g/mol. The highest BCUT2D eigenvalue weighted by atomic mass is 35.5. The number of fused-ring (bicyclic) bond motifs is 1. The number of alkyl halides is 3. The van der Waals surface area contributed by atoms with E-state index in [4.69, 9.17) is 11.6 Å². The van der Waals surface area contributed by atoms with Gasteiger partial charge in [0.15, 0.2) is 0 Å². The van der Waals surface area contributed by atoms with Crippen molar-refractivity contribution in [3.8, 4) is 23.3 Å². The average molecular weight is 538 g/mol. The summed E-state index contributed by atoms with van der Waals surface area (Å²) in [7, 11) is -4.54. The number of hydrogen-bond acceptors (Lipinski definition) is 5. The van der Waals surface area contributed by atoms with Gasteiger partial charge < -0.3 is 0 Å². The molecular formula is C23H16ClF4N5O2S. The molecule has 1 unspecified atom stereocenters. The summed E-state index contributed by atoms with van der Waals surface area (Å²) in [6.45, 7) is 2.44. The third-order valence-corrected chi connectivity index (χ3v) is 7.35. The molecule has 0 bridgehead atoms. The van der Waals surface area contributed by atoms with Gasteiger partial charge in [-0.1, -0.05) is 11.6 Å². The summed E-state index contributed by atoms with van der Waals surface area (Å²) in [5.41, 5.74) is 1.70. The van der Waals surface area contributed by atoms with Crippen LogP contribution in [0.5, 0.6) is 0 Å². The molecule has 13 heteroatoms. The van der Waals surface area contributed by atoms with Crippen LogP contribution in [-0.4, -0.2) is 35.2 Å². The number of aryl methyl sites for hydroxylation is 1. The summed E-state index contributed by atoms with van der Waals surface area (Å²) < 4.78 is 80.0.